The quantitative estimate of drug-likeness (QED) is 0.425. The molecule has 0 aliphatic carbocycles. The second kappa shape index (κ2) is 7.73. The van der Waals surface area contributed by atoms with Crippen molar-refractivity contribution in [3.05, 3.63) is 72.4 Å². The number of hydrogen-bond acceptors (Lipinski definition) is 7. The topological polar surface area (TPSA) is 86.5 Å². The van der Waals surface area contributed by atoms with Crippen LogP contribution < -0.4 is 14.8 Å². The van der Waals surface area contributed by atoms with Crippen molar-refractivity contribution in [1.29, 1.82) is 0 Å². The summed E-state index contributed by atoms with van der Waals surface area (Å²) in [6.45, 7) is 1.78. The lowest BCUT2D eigenvalue weighted by Gasteiger charge is -2.14. The van der Waals surface area contributed by atoms with E-state index in [0.717, 1.165) is 0 Å². The van der Waals surface area contributed by atoms with Gasteiger partial charge in [0.1, 0.15) is 47.4 Å². The largest absolute Gasteiger partial charge is 0.497 e. The number of ether oxygens (including phenoxy) is 2. The molecule has 0 spiro atoms. The van der Waals surface area contributed by atoms with Gasteiger partial charge in [-0.15, -0.1) is 0 Å². The number of aromatic nitrogens is 5. The number of nitrogens with one attached hydrogen (secondary N) is 1. The first-order valence-corrected chi connectivity index (χ1v) is 9.54. The highest BCUT2D eigenvalue weighted by Gasteiger charge is 2.15. The fraction of sp³-hybridized carbons (Fsp3) is 0.0909. The van der Waals surface area contributed by atoms with Crippen LogP contribution in [0, 0.1) is 18.6 Å². The van der Waals surface area contributed by atoms with Crippen LogP contribution in [0.5, 0.6) is 17.2 Å². The van der Waals surface area contributed by atoms with Crippen LogP contribution in [0.15, 0.2) is 55.2 Å². The van der Waals surface area contributed by atoms with E-state index in [1.807, 2.05) is 0 Å². The summed E-state index contributed by atoms with van der Waals surface area (Å²) in [6, 6.07) is 9.03. The van der Waals surface area contributed by atoms with Crippen LogP contribution in [0.2, 0.25) is 0 Å². The van der Waals surface area contributed by atoms with Gasteiger partial charge < -0.3 is 14.8 Å². The summed E-state index contributed by atoms with van der Waals surface area (Å²) in [4.78, 5) is 12.3. The minimum atomic E-state index is -0.588. The molecular formula is C22H16F2N6O2. The number of halogens is 2. The van der Waals surface area contributed by atoms with Crippen LogP contribution >= 0.6 is 0 Å². The predicted molar refractivity (Wildman–Crippen MR) is 114 cm³/mol. The summed E-state index contributed by atoms with van der Waals surface area (Å²) in [5.74, 6) is 0.122. The molecule has 0 bridgehead atoms. The summed E-state index contributed by atoms with van der Waals surface area (Å²) < 4.78 is 42.1. The molecule has 0 atom stereocenters. The molecule has 0 aliphatic heterocycles. The fourth-order valence-electron chi connectivity index (χ4n) is 3.31. The van der Waals surface area contributed by atoms with Crippen molar-refractivity contribution in [2.24, 2.45) is 0 Å². The van der Waals surface area contributed by atoms with Crippen LogP contribution in [0.4, 0.5) is 20.3 Å². The van der Waals surface area contributed by atoms with Crippen molar-refractivity contribution in [3.8, 4) is 17.2 Å². The minimum absolute atomic E-state index is 0.123. The lowest BCUT2D eigenvalue weighted by molar-refractivity contribution is 0.412. The summed E-state index contributed by atoms with van der Waals surface area (Å²) in [5, 5.41) is 7.02. The van der Waals surface area contributed by atoms with Gasteiger partial charge in [0.25, 0.3) is 0 Å². The molecule has 0 saturated heterocycles. The Kier molecular flexibility index (Phi) is 4.74. The molecule has 160 valence electrons. The summed E-state index contributed by atoms with van der Waals surface area (Å²) in [5.41, 5.74) is 1.72. The van der Waals surface area contributed by atoms with Crippen LogP contribution in [-0.4, -0.2) is 31.7 Å². The van der Waals surface area contributed by atoms with Crippen molar-refractivity contribution in [2.45, 2.75) is 6.92 Å². The Labute approximate surface area is 180 Å². The monoisotopic (exact) mass is 434 g/mol. The van der Waals surface area contributed by atoms with Crippen LogP contribution in [-0.2, 0) is 0 Å². The second-order valence-corrected chi connectivity index (χ2v) is 6.98. The van der Waals surface area contributed by atoms with E-state index in [1.165, 1.54) is 31.9 Å². The molecule has 10 heteroatoms. The Morgan fingerprint density at radius 1 is 0.938 bits per heavy atom. The van der Waals surface area contributed by atoms with E-state index in [9.17, 15) is 8.78 Å². The number of pyridine rings is 1. The van der Waals surface area contributed by atoms with E-state index in [4.69, 9.17) is 9.47 Å². The molecular weight excluding hydrogens is 418 g/mol. The number of rotatable bonds is 5. The highest BCUT2D eigenvalue weighted by molar-refractivity contribution is 5.92. The van der Waals surface area contributed by atoms with Gasteiger partial charge in [-0.2, -0.15) is 5.10 Å². The molecule has 3 aromatic heterocycles. The number of benzene rings is 2. The minimum Gasteiger partial charge on any atom is -0.497 e. The van der Waals surface area contributed by atoms with Crippen LogP contribution in [0.25, 0.3) is 16.6 Å². The highest BCUT2D eigenvalue weighted by atomic mass is 19.1. The van der Waals surface area contributed by atoms with E-state index in [0.29, 0.717) is 34.0 Å². The third-order valence-corrected chi connectivity index (χ3v) is 4.90. The van der Waals surface area contributed by atoms with Crippen molar-refractivity contribution in [1.82, 2.24) is 24.6 Å². The van der Waals surface area contributed by atoms with Gasteiger partial charge in [-0.1, -0.05) is 0 Å². The zero-order valence-corrected chi connectivity index (χ0v) is 17.0. The summed E-state index contributed by atoms with van der Waals surface area (Å²) in [6.07, 6.45) is 4.40. The SMILES string of the molecule is COc1cc(F)c2c(Nc3cc(C)c(Oc4ccn5ncnc5c4)cc3F)ncnc2c1. The van der Waals surface area contributed by atoms with Gasteiger partial charge in [0.2, 0.25) is 0 Å². The van der Waals surface area contributed by atoms with E-state index in [-0.39, 0.29) is 16.9 Å². The van der Waals surface area contributed by atoms with Gasteiger partial charge in [-0.25, -0.2) is 28.2 Å². The molecule has 0 aliphatic rings. The van der Waals surface area contributed by atoms with Crippen LogP contribution in [0.1, 0.15) is 5.56 Å². The second-order valence-electron chi connectivity index (χ2n) is 6.98. The maximum absolute atomic E-state index is 14.9. The number of hydrogen-bond donors (Lipinski definition) is 1. The first kappa shape index (κ1) is 19.6. The average Bonchev–Trinajstić information content (AvgIpc) is 3.25. The van der Waals surface area contributed by atoms with Gasteiger partial charge in [-0.05, 0) is 24.6 Å². The van der Waals surface area contributed by atoms with E-state index < -0.39 is 11.6 Å². The predicted octanol–water partition coefficient (Wildman–Crippen LogP) is 4.80. The zero-order valence-electron chi connectivity index (χ0n) is 17.0. The maximum Gasteiger partial charge on any atom is 0.158 e. The molecule has 5 aromatic rings. The van der Waals surface area contributed by atoms with Gasteiger partial charge in [-0.3, -0.25) is 0 Å². The van der Waals surface area contributed by atoms with E-state index >= 15 is 0 Å². The number of methoxy groups -OCH3 is 1. The highest BCUT2D eigenvalue weighted by Crippen LogP contribution is 2.33. The van der Waals surface area contributed by atoms with Gasteiger partial charge in [0, 0.05) is 30.5 Å². The Bertz CT molecular complexity index is 1470. The number of aryl methyl sites for hydroxylation is 1. The van der Waals surface area contributed by atoms with Crippen molar-refractivity contribution in [2.75, 3.05) is 12.4 Å². The molecule has 0 unspecified atom stereocenters. The third kappa shape index (κ3) is 3.51. The molecule has 8 nitrogen and oxygen atoms in total. The normalized spacial score (nSPS) is 11.1. The Morgan fingerprint density at radius 2 is 1.81 bits per heavy atom. The standard InChI is InChI=1S/C22H16F2N6O2/c1-12-5-17(29-22-21-16(24)6-14(31-2)7-18(21)25-10-27-22)15(23)9-19(12)32-13-3-4-30-20(8-13)26-11-28-30/h3-11H,1-2H3,(H,25,27,29). The third-order valence-electron chi connectivity index (χ3n) is 4.90. The summed E-state index contributed by atoms with van der Waals surface area (Å²) in [7, 11) is 1.44. The molecule has 5 rings (SSSR count). The molecule has 0 saturated carbocycles. The van der Waals surface area contributed by atoms with Gasteiger partial charge in [0.15, 0.2) is 5.65 Å². The molecule has 0 amide bonds. The van der Waals surface area contributed by atoms with E-state index in [1.54, 1.807) is 41.9 Å². The van der Waals surface area contributed by atoms with Crippen LogP contribution in [0.3, 0.4) is 0 Å². The van der Waals surface area contributed by atoms with E-state index in [2.05, 4.69) is 25.4 Å². The molecule has 0 radical (unpaired) electrons. The molecule has 0 fully saturated rings. The Morgan fingerprint density at radius 3 is 2.66 bits per heavy atom. The number of anilines is 2. The Hall–Kier alpha value is -4.34. The lowest BCUT2D eigenvalue weighted by atomic mass is 10.1. The number of nitrogens with zero attached hydrogens (tertiary/aromatic N) is 5. The smallest absolute Gasteiger partial charge is 0.158 e. The van der Waals surface area contributed by atoms with Crippen molar-refractivity contribution in [3.63, 3.8) is 0 Å². The first-order chi connectivity index (χ1) is 15.5. The molecule has 1 N–H and O–H groups in total. The summed E-state index contributed by atoms with van der Waals surface area (Å²) >= 11 is 0. The molecule has 2 aromatic carbocycles. The lowest BCUT2D eigenvalue weighted by Crippen LogP contribution is -2.01. The molecule has 3 heterocycles. The zero-order chi connectivity index (χ0) is 22.2. The number of fused-ring (bicyclic) bond motifs is 2. The average molecular weight is 434 g/mol. The van der Waals surface area contributed by atoms with Gasteiger partial charge >= 0.3 is 0 Å². The van der Waals surface area contributed by atoms with Gasteiger partial charge in [0.05, 0.1) is 23.7 Å². The van der Waals surface area contributed by atoms with Crippen molar-refractivity contribution < 1.29 is 18.3 Å². The fourth-order valence-corrected chi connectivity index (χ4v) is 3.31. The first-order valence-electron chi connectivity index (χ1n) is 9.54. The molecule has 32 heavy (non-hydrogen) atoms. The Balaban J connectivity index is 1.47. The maximum atomic E-state index is 14.9. The van der Waals surface area contributed by atoms with Crippen molar-refractivity contribution >= 4 is 28.1 Å².